The second-order valence-electron chi connectivity index (χ2n) is 6.65. The summed E-state index contributed by atoms with van der Waals surface area (Å²) >= 11 is 0. The van der Waals surface area contributed by atoms with Crippen molar-refractivity contribution in [3.63, 3.8) is 0 Å². The molecule has 2 aromatic heterocycles. The van der Waals surface area contributed by atoms with Gasteiger partial charge in [0, 0.05) is 24.0 Å². The number of aryl methyl sites for hydroxylation is 3. The third-order valence-corrected chi connectivity index (χ3v) is 4.94. The van der Waals surface area contributed by atoms with Gasteiger partial charge in [0.15, 0.2) is 5.82 Å². The number of fused-ring (bicyclic) bond motifs is 1. The first-order chi connectivity index (χ1) is 12.0. The number of hydrogen-bond acceptors (Lipinski definition) is 5. The van der Waals surface area contributed by atoms with Gasteiger partial charge in [-0.2, -0.15) is 4.98 Å². The average molecular weight is 340 g/mol. The highest BCUT2D eigenvalue weighted by Gasteiger charge is 2.39. The molecule has 1 aliphatic rings. The van der Waals surface area contributed by atoms with Crippen molar-refractivity contribution in [1.82, 2.24) is 20.0 Å². The summed E-state index contributed by atoms with van der Waals surface area (Å²) in [6.07, 6.45) is -0.209. The summed E-state index contributed by atoms with van der Waals surface area (Å²) in [7, 11) is 0. The molecular weight excluding hydrogens is 320 g/mol. The van der Waals surface area contributed by atoms with E-state index in [-0.39, 0.29) is 12.5 Å². The van der Waals surface area contributed by atoms with Gasteiger partial charge in [-0.3, -0.25) is 4.79 Å². The lowest BCUT2D eigenvalue weighted by atomic mass is 10.1. The molecule has 0 saturated carbocycles. The number of β-amino-alcohol motifs (C(OH)–C–C–N with tert-alkyl or cyclic N) is 1. The van der Waals surface area contributed by atoms with Crippen molar-refractivity contribution >= 4 is 16.8 Å². The summed E-state index contributed by atoms with van der Waals surface area (Å²) in [6.45, 7) is 6.01. The van der Waals surface area contributed by atoms with E-state index in [0.717, 1.165) is 22.2 Å². The number of rotatable bonds is 2. The molecule has 4 rings (SSSR count). The molecule has 1 aliphatic heterocycles. The van der Waals surface area contributed by atoms with E-state index in [2.05, 4.69) is 15.1 Å². The van der Waals surface area contributed by atoms with Crippen LogP contribution in [0.3, 0.4) is 0 Å². The number of nitrogens with zero attached hydrogens (tertiary/aromatic N) is 3. The minimum absolute atomic E-state index is 0.149. The molecule has 7 heteroatoms. The first-order valence-electron chi connectivity index (χ1n) is 8.33. The zero-order chi connectivity index (χ0) is 17.7. The fourth-order valence-corrected chi connectivity index (χ4v) is 3.54. The molecule has 1 fully saturated rings. The van der Waals surface area contributed by atoms with Crippen LogP contribution in [-0.4, -0.2) is 43.7 Å². The van der Waals surface area contributed by atoms with E-state index in [1.807, 2.05) is 26.0 Å². The number of H-pyrrole nitrogens is 1. The summed E-state index contributed by atoms with van der Waals surface area (Å²) in [5, 5.41) is 14.9. The van der Waals surface area contributed by atoms with Gasteiger partial charge in [-0.25, -0.2) is 0 Å². The van der Waals surface area contributed by atoms with Crippen LogP contribution in [0.15, 0.2) is 22.7 Å². The molecule has 7 nitrogen and oxygen atoms in total. The van der Waals surface area contributed by atoms with Gasteiger partial charge < -0.3 is 19.5 Å². The van der Waals surface area contributed by atoms with Crippen LogP contribution in [0, 0.1) is 20.8 Å². The van der Waals surface area contributed by atoms with Gasteiger partial charge in [0.1, 0.15) is 6.04 Å². The number of likely N-dealkylation sites (tertiary alicyclic amines) is 1. The van der Waals surface area contributed by atoms with Crippen LogP contribution in [0.25, 0.3) is 10.9 Å². The standard InChI is InChI=1S/C18H20N4O3/c1-9-10(2)19-16-13(9)5-4-6-14(16)18(24)22-8-12(23)7-15(22)17-20-11(3)21-25-17/h4-6,12,15,19,23H,7-8H2,1-3H3/t12-,15-/m1/s1. The summed E-state index contributed by atoms with van der Waals surface area (Å²) in [5.74, 6) is 0.735. The van der Waals surface area contributed by atoms with Crippen LogP contribution >= 0.6 is 0 Å². The molecule has 2 N–H and O–H groups in total. The molecule has 1 amide bonds. The van der Waals surface area contributed by atoms with Gasteiger partial charge in [-0.05, 0) is 32.4 Å². The SMILES string of the molecule is Cc1noc([C@H]2C[C@@H](O)CN2C(=O)c2cccc3c(C)c(C)[nH]c23)n1. The van der Waals surface area contributed by atoms with Gasteiger partial charge in [-0.1, -0.05) is 17.3 Å². The molecule has 0 radical (unpaired) electrons. The predicted octanol–water partition coefficient (Wildman–Crippen LogP) is 2.42. The maximum atomic E-state index is 13.2. The Labute approximate surface area is 144 Å². The van der Waals surface area contributed by atoms with E-state index >= 15 is 0 Å². The second-order valence-corrected chi connectivity index (χ2v) is 6.65. The summed E-state index contributed by atoms with van der Waals surface area (Å²) in [5.41, 5.74) is 3.59. The average Bonchev–Trinajstić information content (AvgIpc) is 3.26. The number of aliphatic hydroxyl groups is 1. The zero-order valence-corrected chi connectivity index (χ0v) is 14.4. The van der Waals surface area contributed by atoms with E-state index in [9.17, 15) is 9.90 Å². The Morgan fingerprint density at radius 2 is 2.16 bits per heavy atom. The Kier molecular flexibility index (Phi) is 3.61. The minimum atomic E-state index is -0.604. The Morgan fingerprint density at radius 1 is 1.36 bits per heavy atom. The summed E-state index contributed by atoms with van der Waals surface area (Å²) in [6, 6.07) is 5.29. The number of aliphatic hydroxyl groups excluding tert-OH is 1. The third kappa shape index (κ3) is 2.51. The van der Waals surface area contributed by atoms with E-state index < -0.39 is 12.1 Å². The molecule has 25 heavy (non-hydrogen) atoms. The number of aromatic amines is 1. The first kappa shape index (κ1) is 15.8. The highest BCUT2D eigenvalue weighted by molar-refractivity contribution is 6.07. The minimum Gasteiger partial charge on any atom is -0.391 e. The van der Waals surface area contributed by atoms with Gasteiger partial charge in [0.05, 0.1) is 17.2 Å². The van der Waals surface area contributed by atoms with Crippen LogP contribution in [0.5, 0.6) is 0 Å². The van der Waals surface area contributed by atoms with Crippen LogP contribution in [-0.2, 0) is 0 Å². The van der Waals surface area contributed by atoms with E-state index in [1.54, 1.807) is 17.9 Å². The molecule has 0 bridgehead atoms. The number of aromatic nitrogens is 3. The highest BCUT2D eigenvalue weighted by Crippen LogP contribution is 2.34. The van der Waals surface area contributed by atoms with Crippen molar-refractivity contribution in [1.29, 1.82) is 0 Å². The molecule has 0 unspecified atom stereocenters. The Hall–Kier alpha value is -2.67. The van der Waals surface area contributed by atoms with Gasteiger partial charge in [0.25, 0.3) is 5.91 Å². The number of amides is 1. The molecule has 2 atom stereocenters. The number of carbonyl (C=O) groups is 1. The lowest BCUT2D eigenvalue weighted by Gasteiger charge is -2.22. The van der Waals surface area contributed by atoms with Crippen molar-refractivity contribution in [2.45, 2.75) is 39.3 Å². The summed E-state index contributed by atoms with van der Waals surface area (Å²) in [4.78, 5) is 22.4. The topological polar surface area (TPSA) is 95.3 Å². The normalized spacial score (nSPS) is 20.6. The smallest absolute Gasteiger partial charge is 0.256 e. The number of nitrogens with one attached hydrogen (secondary N) is 1. The van der Waals surface area contributed by atoms with E-state index in [0.29, 0.717) is 23.7 Å². The number of carbonyl (C=O) groups excluding carboxylic acids is 1. The maximum Gasteiger partial charge on any atom is 0.256 e. The Morgan fingerprint density at radius 3 is 2.88 bits per heavy atom. The zero-order valence-electron chi connectivity index (χ0n) is 14.4. The van der Waals surface area contributed by atoms with Crippen molar-refractivity contribution < 1.29 is 14.4 Å². The number of para-hydroxylation sites is 1. The van der Waals surface area contributed by atoms with Crippen molar-refractivity contribution in [3.05, 3.63) is 46.7 Å². The van der Waals surface area contributed by atoms with Gasteiger partial charge >= 0.3 is 0 Å². The lowest BCUT2D eigenvalue weighted by Crippen LogP contribution is -2.32. The fraction of sp³-hybridized carbons (Fsp3) is 0.389. The molecule has 0 spiro atoms. The largest absolute Gasteiger partial charge is 0.391 e. The monoisotopic (exact) mass is 340 g/mol. The van der Waals surface area contributed by atoms with Crippen molar-refractivity contribution in [3.8, 4) is 0 Å². The van der Waals surface area contributed by atoms with Crippen LogP contribution < -0.4 is 0 Å². The quantitative estimate of drug-likeness (QED) is 0.747. The summed E-state index contributed by atoms with van der Waals surface area (Å²) < 4.78 is 5.25. The Bertz CT molecular complexity index is 959. The predicted molar refractivity (Wildman–Crippen MR) is 91.2 cm³/mol. The second kappa shape index (κ2) is 5.70. The fourth-order valence-electron chi connectivity index (χ4n) is 3.54. The van der Waals surface area contributed by atoms with Crippen molar-refractivity contribution in [2.75, 3.05) is 6.54 Å². The molecule has 0 aliphatic carbocycles. The van der Waals surface area contributed by atoms with Crippen LogP contribution in [0.2, 0.25) is 0 Å². The first-order valence-corrected chi connectivity index (χ1v) is 8.33. The van der Waals surface area contributed by atoms with Gasteiger partial charge in [0.2, 0.25) is 5.89 Å². The van der Waals surface area contributed by atoms with Crippen LogP contribution in [0.1, 0.15) is 45.8 Å². The van der Waals surface area contributed by atoms with Crippen LogP contribution in [0.4, 0.5) is 0 Å². The molecule has 3 aromatic rings. The Balaban J connectivity index is 1.76. The van der Waals surface area contributed by atoms with E-state index in [1.165, 1.54) is 0 Å². The molecule has 1 aromatic carbocycles. The molecule has 3 heterocycles. The molecule has 1 saturated heterocycles. The number of hydrogen-bond donors (Lipinski definition) is 2. The highest BCUT2D eigenvalue weighted by atomic mass is 16.5. The maximum absolute atomic E-state index is 13.2. The molecule has 130 valence electrons. The molecular formula is C18H20N4O3. The van der Waals surface area contributed by atoms with E-state index in [4.69, 9.17) is 4.52 Å². The van der Waals surface area contributed by atoms with Crippen molar-refractivity contribution in [2.24, 2.45) is 0 Å². The lowest BCUT2D eigenvalue weighted by molar-refractivity contribution is 0.0695. The number of benzene rings is 1. The third-order valence-electron chi connectivity index (χ3n) is 4.94. The van der Waals surface area contributed by atoms with Gasteiger partial charge in [-0.15, -0.1) is 0 Å².